The number of amides is 3. The van der Waals surface area contributed by atoms with Crippen molar-refractivity contribution in [3.05, 3.63) is 51.7 Å². The highest BCUT2D eigenvalue weighted by Gasteiger charge is 2.35. The Hall–Kier alpha value is -2.54. The number of hydrogen-bond acceptors (Lipinski definition) is 4. The molecule has 7 heteroatoms. The fourth-order valence-corrected chi connectivity index (χ4v) is 5.04. The number of nitrogens with zero attached hydrogens (tertiary/aromatic N) is 2. The molecule has 3 amide bonds. The molecule has 0 bridgehead atoms. The first-order valence-corrected chi connectivity index (χ1v) is 12.5. The van der Waals surface area contributed by atoms with Crippen LogP contribution in [0.15, 0.2) is 35.7 Å². The minimum absolute atomic E-state index is 0.00773. The van der Waals surface area contributed by atoms with E-state index in [1.54, 1.807) is 16.2 Å². The van der Waals surface area contributed by atoms with E-state index in [9.17, 15) is 9.59 Å². The van der Waals surface area contributed by atoms with Gasteiger partial charge in [0.1, 0.15) is 18.9 Å². The predicted octanol–water partition coefficient (Wildman–Crippen LogP) is 4.39. The summed E-state index contributed by atoms with van der Waals surface area (Å²) in [4.78, 5) is 31.1. The number of rotatable bonds is 9. The van der Waals surface area contributed by atoms with Crippen LogP contribution < -0.4 is 10.1 Å². The molecule has 1 saturated carbocycles. The number of carbonyl (C=O) groups excluding carboxylic acids is 2. The summed E-state index contributed by atoms with van der Waals surface area (Å²) in [6, 6.07) is 9.83. The van der Waals surface area contributed by atoms with Crippen molar-refractivity contribution < 1.29 is 14.3 Å². The van der Waals surface area contributed by atoms with Crippen molar-refractivity contribution in [1.29, 1.82) is 0 Å². The largest absolute Gasteiger partial charge is 0.491 e. The van der Waals surface area contributed by atoms with Gasteiger partial charge >= 0.3 is 6.03 Å². The zero-order chi connectivity index (χ0) is 22.5. The molecule has 2 aromatic rings. The van der Waals surface area contributed by atoms with E-state index >= 15 is 0 Å². The summed E-state index contributed by atoms with van der Waals surface area (Å²) in [7, 11) is 0. The highest BCUT2D eigenvalue weighted by molar-refractivity contribution is 7.10. The molecular formula is C25H33N3O3S. The number of ether oxygens (including phenoxy) is 1. The number of benzene rings is 1. The minimum Gasteiger partial charge on any atom is -0.491 e. The smallest absolute Gasteiger partial charge is 0.317 e. The lowest BCUT2D eigenvalue weighted by atomic mass is 10.0. The quantitative estimate of drug-likeness (QED) is 0.610. The zero-order valence-electron chi connectivity index (χ0n) is 19.0. The van der Waals surface area contributed by atoms with Gasteiger partial charge < -0.3 is 19.9 Å². The van der Waals surface area contributed by atoms with E-state index in [2.05, 4.69) is 16.8 Å². The van der Waals surface area contributed by atoms with Gasteiger partial charge in [-0.05, 0) is 67.7 Å². The molecule has 32 heavy (non-hydrogen) atoms. The molecule has 1 atom stereocenters. The van der Waals surface area contributed by atoms with E-state index in [1.807, 2.05) is 43.0 Å². The maximum absolute atomic E-state index is 13.4. The first-order valence-electron chi connectivity index (χ1n) is 11.6. The molecule has 1 aromatic heterocycles. The van der Waals surface area contributed by atoms with Crippen LogP contribution in [0.2, 0.25) is 0 Å². The monoisotopic (exact) mass is 455 g/mol. The molecule has 2 aliphatic rings. The third-order valence-corrected chi connectivity index (χ3v) is 7.16. The maximum Gasteiger partial charge on any atom is 0.317 e. The second-order valence-electron chi connectivity index (χ2n) is 8.83. The summed E-state index contributed by atoms with van der Waals surface area (Å²) in [6.45, 7) is 6.54. The van der Waals surface area contributed by atoms with Gasteiger partial charge in [0.25, 0.3) is 0 Å². The number of nitrogens with one attached hydrogen (secondary N) is 1. The molecule has 1 aliphatic carbocycles. The van der Waals surface area contributed by atoms with Crippen molar-refractivity contribution in [2.24, 2.45) is 5.92 Å². The molecule has 1 fully saturated rings. The number of hydrogen-bond donors (Lipinski definition) is 1. The lowest BCUT2D eigenvalue weighted by molar-refractivity contribution is -0.135. The first kappa shape index (κ1) is 22.6. The maximum atomic E-state index is 13.4. The fraction of sp³-hybridized carbons (Fsp3) is 0.520. The van der Waals surface area contributed by atoms with Crippen LogP contribution in [0.25, 0.3) is 0 Å². The van der Waals surface area contributed by atoms with Crippen LogP contribution in [-0.4, -0.2) is 54.5 Å². The Morgan fingerprint density at radius 3 is 2.72 bits per heavy atom. The molecule has 0 saturated heterocycles. The second-order valence-corrected chi connectivity index (χ2v) is 9.83. The summed E-state index contributed by atoms with van der Waals surface area (Å²) in [6.07, 6.45) is 4.01. The standard InChI is InChI=1S/C25H33N3O3S/c1-3-12-26-25(30)27(15-19-6-7-19)16-24(29)28-13-10-23-21(11-14-32-23)22(28)17-31-20-8-4-18(2)5-9-20/h4-5,8-9,11,14,19,22H,3,6-7,10,12-13,15-17H2,1-2H3,(H,26,30)/t22-/m1/s1. The van der Waals surface area contributed by atoms with Crippen molar-refractivity contribution >= 4 is 23.3 Å². The van der Waals surface area contributed by atoms with Crippen LogP contribution in [0.3, 0.4) is 0 Å². The van der Waals surface area contributed by atoms with Gasteiger partial charge in [-0.1, -0.05) is 24.6 Å². The number of aryl methyl sites for hydroxylation is 1. The number of urea groups is 1. The molecule has 1 N–H and O–H groups in total. The van der Waals surface area contributed by atoms with E-state index < -0.39 is 0 Å². The van der Waals surface area contributed by atoms with Crippen molar-refractivity contribution in [1.82, 2.24) is 15.1 Å². The first-order chi connectivity index (χ1) is 15.5. The van der Waals surface area contributed by atoms with E-state index in [4.69, 9.17) is 4.74 Å². The van der Waals surface area contributed by atoms with Crippen LogP contribution in [0.1, 0.15) is 48.2 Å². The van der Waals surface area contributed by atoms with Crippen LogP contribution in [0.4, 0.5) is 4.79 Å². The molecule has 0 spiro atoms. The van der Waals surface area contributed by atoms with E-state index in [-0.39, 0.29) is 24.5 Å². The van der Waals surface area contributed by atoms with Crippen LogP contribution in [0.5, 0.6) is 5.75 Å². The van der Waals surface area contributed by atoms with Gasteiger partial charge in [0.2, 0.25) is 5.91 Å². The summed E-state index contributed by atoms with van der Waals surface area (Å²) < 4.78 is 6.11. The van der Waals surface area contributed by atoms with Gasteiger partial charge in [0, 0.05) is 24.5 Å². The molecule has 172 valence electrons. The highest BCUT2D eigenvalue weighted by Crippen LogP contribution is 2.34. The Labute approximate surface area is 194 Å². The van der Waals surface area contributed by atoms with Gasteiger partial charge in [0.15, 0.2) is 0 Å². The normalized spacial score (nSPS) is 17.6. The van der Waals surface area contributed by atoms with Gasteiger partial charge in [-0.15, -0.1) is 11.3 Å². The van der Waals surface area contributed by atoms with Gasteiger partial charge in [-0.3, -0.25) is 4.79 Å². The summed E-state index contributed by atoms with van der Waals surface area (Å²) in [5.41, 5.74) is 2.36. The number of carbonyl (C=O) groups is 2. The Bertz CT molecular complexity index is 923. The van der Waals surface area contributed by atoms with Gasteiger partial charge in [-0.2, -0.15) is 0 Å². The second kappa shape index (κ2) is 10.4. The SMILES string of the molecule is CCCNC(=O)N(CC(=O)N1CCc2sccc2[C@H]1COc1ccc(C)cc1)CC1CC1. The van der Waals surface area contributed by atoms with Gasteiger partial charge in [0.05, 0.1) is 6.04 Å². The average molecular weight is 456 g/mol. The van der Waals surface area contributed by atoms with Crippen LogP contribution in [0, 0.1) is 12.8 Å². The van der Waals surface area contributed by atoms with Crippen molar-refractivity contribution in [2.75, 3.05) is 32.8 Å². The fourth-order valence-electron chi connectivity index (χ4n) is 4.11. The van der Waals surface area contributed by atoms with Crippen LogP contribution >= 0.6 is 11.3 Å². The molecule has 4 rings (SSSR count). The molecule has 1 aromatic carbocycles. The molecule has 1 aliphatic heterocycles. The van der Waals surface area contributed by atoms with Crippen molar-refractivity contribution in [3.63, 3.8) is 0 Å². The number of thiophene rings is 1. The van der Waals surface area contributed by atoms with Crippen molar-refractivity contribution in [3.8, 4) is 5.75 Å². The lowest BCUT2D eigenvalue weighted by Crippen LogP contribution is -2.50. The van der Waals surface area contributed by atoms with E-state index in [0.717, 1.165) is 31.4 Å². The summed E-state index contributed by atoms with van der Waals surface area (Å²) >= 11 is 1.74. The Morgan fingerprint density at radius 1 is 1.22 bits per heavy atom. The van der Waals surface area contributed by atoms with Gasteiger partial charge in [-0.25, -0.2) is 4.79 Å². The summed E-state index contributed by atoms with van der Waals surface area (Å²) in [5, 5.41) is 5.03. The predicted molar refractivity (Wildman–Crippen MR) is 127 cm³/mol. The Kier molecular flexibility index (Phi) is 7.35. The highest BCUT2D eigenvalue weighted by atomic mass is 32.1. The zero-order valence-corrected chi connectivity index (χ0v) is 19.8. The Morgan fingerprint density at radius 2 is 2.00 bits per heavy atom. The molecule has 2 heterocycles. The molecule has 6 nitrogen and oxygen atoms in total. The van der Waals surface area contributed by atoms with E-state index in [1.165, 1.54) is 16.0 Å². The third-order valence-electron chi connectivity index (χ3n) is 6.16. The molecule has 0 unspecified atom stereocenters. The summed E-state index contributed by atoms with van der Waals surface area (Å²) in [5.74, 6) is 1.33. The lowest BCUT2D eigenvalue weighted by Gasteiger charge is -2.37. The Balaban J connectivity index is 1.46. The third kappa shape index (κ3) is 5.63. The minimum atomic E-state index is -0.139. The van der Waals surface area contributed by atoms with Crippen molar-refractivity contribution in [2.45, 2.75) is 45.6 Å². The van der Waals surface area contributed by atoms with Crippen LogP contribution in [-0.2, 0) is 11.2 Å². The topological polar surface area (TPSA) is 61.9 Å². The number of fused-ring (bicyclic) bond motifs is 1. The molecule has 0 radical (unpaired) electrons. The van der Waals surface area contributed by atoms with E-state index in [0.29, 0.717) is 32.2 Å². The molecular weight excluding hydrogens is 422 g/mol. The average Bonchev–Trinajstić information content (AvgIpc) is 3.48.